The van der Waals surface area contributed by atoms with Gasteiger partial charge in [0.1, 0.15) is 0 Å². The average molecular weight is 313 g/mol. The van der Waals surface area contributed by atoms with Gasteiger partial charge in [-0.25, -0.2) is 4.79 Å². The van der Waals surface area contributed by atoms with Gasteiger partial charge < -0.3 is 8.94 Å². The van der Waals surface area contributed by atoms with E-state index in [-0.39, 0.29) is 5.76 Å². The van der Waals surface area contributed by atoms with Crippen LogP contribution in [-0.2, 0) is 6.54 Å². The lowest BCUT2D eigenvalue weighted by Gasteiger charge is -1.97. The van der Waals surface area contributed by atoms with Crippen molar-refractivity contribution < 1.29 is 8.94 Å². The molecule has 1 aromatic carbocycles. The van der Waals surface area contributed by atoms with Crippen molar-refractivity contribution in [2.45, 2.75) is 13.5 Å². The standard InChI is InChI=1S/C15H11N3O3S/c1-2-18-10-6-5-9(8-11(10)20-15(18)19)13-16-14(21-17-13)12-4-3-7-22-12/h3-8H,2H2,1H3. The summed E-state index contributed by atoms with van der Waals surface area (Å²) in [6.07, 6.45) is 0. The summed E-state index contributed by atoms with van der Waals surface area (Å²) in [5, 5.41) is 5.94. The summed E-state index contributed by atoms with van der Waals surface area (Å²) >= 11 is 1.54. The maximum Gasteiger partial charge on any atom is 0.419 e. The molecule has 0 fully saturated rings. The van der Waals surface area contributed by atoms with E-state index in [2.05, 4.69) is 10.1 Å². The zero-order valence-electron chi connectivity index (χ0n) is 11.6. The highest BCUT2D eigenvalue weighted by Gasteiger charge is 2.14. The number of aryl methyl sites for hydroxylation is 1. The molecule has 110 valence electrons. The lowest BCUT2D eigenvalue weighted by atomic mass is 10.2. The van der Waals surface area contributed by atoms with Crippen LogP contribution in [0.4, 0.5) is 0 Å². The van der Waals surface area contributed by atoms with Crippen LogP contribution in [0.2, 0.25) is 0 Å². The highest BCUT2D eigenvalue weighted by molar-refractivity contribution is 7.13. The highest BCUT2D eigenvalue weighted by Crippen LogP contribution is 2.27. The smallest absolute Gasteiger partial charge is 0.408 e. The molecule has 0 aliphatic carbocycles. The van der Waals surface area contributed by atoms with Crippen molar-refractivity contribution in [2.24, 2.45) is 0 Å². The first-order chi connectivity index (χ1) is 10.8. The minimum atomic E-state index is -0.359. The van der Waals surface area contributed by atoms with E-state index in [1.165, 1.54) is 11.3 Å². The molecule has 0 radical (unpaired) electrons. The Morgan fingerprint density at radius 2 is 2.23 bits per heavy atom. The fourth-order valence-electron chi connectivity index (χ4n) is 2.35. The molecular weight excluding hydrogens is 302 g/mol. The molecule has 0 spiro atoms. The van der Waals surface area contributed by atoms with Crippen LogP contribution in [0.1, 0.15) is 6.92 Å². The lowest BCUT2D eigenvalue weighted by Crippen LogP contribution is -2.11. The second kappa shape index (κ2) is 4.96. The topological polar surface area (TPSA) is 74.1 Å². The van der Waals surface area contributed by atoms with Crippen molar-refractivity contribution in [2.75, 3.05) is 0 Å². The van der Waals surface area contributed by atoms with Crippen molar-refractivity contribution >= 4 is 22.4 Å². The third-order valence-corrected chi connectivity index (χ3v) is 4.26. The maximum absolute atomic E-state index is 11.7. The number of thiophene rings is 1. The van der Waals surface area contributed by atoms with Gasteiger partial charge in [-0.05, 0) is 36.6 Å². The summed E-state index contributed by atoms with van der Waals surface area (Å²) in [5.74, 6) is 0.594. The van der Waals surface area contributed by atoms with Gasteiger partial charge in [-0.3, -0.25) is 4.57 Å². The predicted molar refractivity (Wildman–Crippen MR) is 82.8 cm³/mol. The summed E-state index contributed by atoms with van der Waals surface area (Å²) in [6, 6.07) is 9.29. The second-order valence-corrected chi connectivity index (χ2v) is 5.64. The van der Waals surface area contributed by atoms with Crippen LogP contribution in [0.5, 0.6) is 0 Å². The molecule has 0 aliphatic heterocycles. The summed E-state index contributed by atoms with van der Waals surface area (Å²) in [5.41, 5.74) is 2.03. The van der Waals surface area contributed by atoms with E-state index in [4.69, 9.17) is 8.94 Å². The third-order valence-electron chi connectivity index (χ3n) is 3.40. The third kappa shape index (κ3) is 1.98. The molecule has 3 aromatic heterocycles. The van der Waals surface area contributed by atoms with Crippen LogP contribution in [0.25, 0.3) is 33.3 Å². The first-order valence-corrected chi connectivity index (χ1v) is 7.65. The first kappa shape index (κ1) is 13.0. The molecule has 0 bridgehead atoms. The minimum Gasteiger partial charge on any atom is -0.408 e. The molecular formula is C15H11N3O3S. The van der Waals surface area contributed by atoms with E-state index in [0.717, 1.165) is 16.0 Å². The van der Waals surface area contributed by atoms with E-state index in [1.54, 1.807) is 10.6 Å². The number of benzene rings is 1. The van der Waals surface area contributed by atoms with Gasteiger partial charge in [-0.2, -0.15) is 4.98 Å². The minimum absolute atomic E-state index is 0.359. The van der Waals surface area contributed by atoms with E-state index < -0.39 is 0 Å². The van der Waals surface area contributed by atoms with Crippen LogP contribution in [0.3, 0.4) is 0 Å². The Bertz CT molecular complexity index is 995. The molecule has 4 aromatic rings. The van der Waals surface area contributed by atoms with Crippen LogP contribution in [-0.4, -0.2) is 14.7 Å². The number of nitrogens with zero attached hydrogens (tertiary/aromatic N) is 3. The number of aromatic nitrogens is 3. The average Bonchev–Trinajstić information content (AvgIpc) is 3.25. The van der Waals surface area contributed by atoms with Crippen molar-refractivity contribution in [3.8, 4) is 22.2 Å². The van der Waals surface area contributed by atoms with Crippen LogP contribution in [0, 0.1) is 0 Å². The Morgan fingerprint density at radius 3 is 3.00 bits per heavy atom. The van der Waals surface area contributed by atoms with Crippen molar-refractivity contribution in [3.05, 3.63) is 46.3 Å². The summed E-state index contributed by atoms with van der Waals surface area (Å²) < 4.78 is 12.1. The Morgan fingerprint density at radius 1 is 1.32 bits per heavy atom. The van der Waals surface area contributed by atoms with Crippen molar-refractivity contribution in [3.63, 3.8) is 0 Å². The molecule has 4 rings (SSSR count). The van der Waals surface area contributed by atoms with Crippen LogP contribution >= 0.6 is 11.3 Å². The van der Waals surface area contributed by atoms with Gasteiger partial charge in [0.05, 0.1) is 10.4 Å². The van der Waals surface area contributed by atoms with Gasteiger partial charge in [0.25, 0.3) is 5.89 Å². The van der Waals surface area contributed by atoms with Crippen LogP contribution in [0.15, 0.2) is 49.4 Å². The SMILES string of the molecule is CCn1c(=O)oc2cc(-c3noc(-c4cccs4)n3)ccc21. The van der Waals surface area contributed by atoms with Gasteiger partial charge in [-0.15, -0.1) is 11.3 Å². The summed E-state index contributed by atoms with van der Waals surface area (Å²) in [7, 11) is 0. The van der Waals surface area contributed by atoms with E-state index >= 15 is 0 Å². The van der Waals surface area contributed by atoms with E-state index in [1.807, 2.05) is 36.6 Å². The number of fused-ring (bicyclic) bond motifs is 1. The molecule has 0 aliphatic rings. The maximum atomic E-state index is 11.7. The summed E-state index contributed by atoms with van der Waals surface area (Å²) in [6.45, 7) is 2.46. The zero-order chi connectivity index (χ0) is 15.1. The van der Waals surface area contributed by atoms with E-state index in [9.17, 15) is 4.79 Å². The normalized spacial score (nSPS) is 11.3. The molecule has 0 N–H and O–H groups in total. The van der Waals surface area contributed by atoms with Crippen molar-refractivity contribution in [1.82, 2.24) is 14.7 Å². The predicted octanol–water partition coefficient (Wildman–Crippen LogP) is 3.39. The second-order valence-electron chi connectivity index (χ2n) is 4.70. The highest BCUT2D eigenvalue weighted by atomic mass is 32.1. The quantitative estimate of drug-likeness (QED) is 0.579. The zero-order valence-corrected chi connectivity index (χ0v) is 12.5. The number of hydrogen-bond acceptors (Lipinski definition) is 6. The van der Waals surface area contributed by atoms with Gasteiger partial charge in [0.15, 0.2) is 5.58 Å². The largest absolute Gasteiger partial charge is 0.419 e. The molecule has 0 saturated heterocycles. The molecule has 0 saturated carbocycles. The molecule has 22 heavy (non-hydrogen) atoms. The van der Waals surface area contributed by atoms with Crippen molar-refractivity contribution in [1.29, 1.82) is 0 Å². The summed E-state index contributed by atoms with van der Waals surface area (Å²) in [4.78, 5) is 17.0. The Balaban J connectivity index is 1.80. The van der Waals surface area contributed by atoms with E-state index in [0.29, 0.717) is 23.8 Å². The molecule has 0 amide bonds. The fraction of sp³-hybridized carbons (Fsp3) is 0.133. The first-order valence-electron chi connectivity index (χ1n) is 6.77. The molecule has 6 nitrogen and oxygen atoms in total. The van der Waals surface area contributed by atoms with Gasteiger partial charge in [0, 0.05) is 12.1 Å². The van der Waals surface area contributed by atoms with Crippen LogP contribution < -0.4 is 5.76 Å². The lowest BCUT2D eigenvalue weighted by molar-refractivity contribution is 0.433. The number of rotatable bonds is 3. The Labute approximate surface area is 128 Å². The number of hydrogen-bond donors (Lipinski definition) is 0. The fourth-order valence-corrected chi connectivity index (χ4v) is 2.99. The molecule has 0 unspecified atom stereocenters. The number of oxazole rings is 1. The van der Waals surface area contributed by atoms with Gasteiger partial charge >= 0.3 is 5.76 Å². The monoisotopic (exact) mass is 313 g/mol. The van der Waals surface area contributed by atoms with Gasteiger partial charge in [-0.1, -0.05) is 11.2 Å². The Hall–Kier alpha value is -2.67. The molecule has 3 heterocycles. The van der Waals surface area contributed by atoms with Gasteiger partial charge in [0.2, 0.25) is 5.82 Å². The Kier molecular flexibility index (Phi) is 2.93. The molecule has 7 heteroatoms. The molecule has 0 atom stereocenters.